The molecule has 156 valence electrons. The van der Waals surface area contributed by atoms with E-state index < -0.39 is 17.1 Å². The highest BCUT2D eigenvalue weighted by Crippen LogP contribution is 2.36. The van der Waals surface area contributed by atoms with Crippen molar-refractivity contribution in [2.45, 2.75) is 6.54 Å². The van der Waals surface area contributed by atoms with E-state index in [1.165, 1.54) is 7.11 Å². The number of amides is 2. The molecule has 2 aromatic carbocycles. The standard InChI is InChI=1S/C20H14BrCl2NO5S/c1-28-18(25)10-29-16-5-3-13(21)7-12(16)8-17-19(26)24(20(27)30-17)9-11-2-4-14(22)15(23)6-11/h2-8H,9-10H2,1H3/b17-8-. The molecule has 2 aromatic rings. The minimum atomic E-state index is -0.536. The van der Waals surface area contributed by atoms with Crippen LogP contribution in [0.15, 0.2) is 45.8 Å². The number of ether oxygens (including phenoxy) is 2. The fourth-order valence-corrected chi connectivity index (χ4v) is 4.09. The van der Waals surface area contributed by atoms with E-state index in [1.54, 1.807) is 42.5 Å². The van der Waals surface area contributed by atoms with Crippen LogP contribution in [-0.4, -0.2) is 35.7 Å². The summed E-state index contributed by atoms with van der Waals surface area (Å²) in [5, 5.41) is 0.339. The van der Waals surface area contributed by atoms with Crippen LogP contribution in [0.1, 0.15) is 11.1 Å². The smallest absolute Gasteiger partial charge is 0.343 e. The molecule has 0 saturated carbocycles. The third-order valence-electron chi connectivity index (χ3n) is 4.03. The number of rotatable bonds is 6. The van der Waals surface area contributed by atoms with Crippen molar-refractivity contribution in [2.24, 2.45) is 0 Å². The Hall–Kier alpha value is -2.00. The van der Waals surface area contributed by atoms with E-state index in [4.69, 9.17) is 27.9 Å². The molecule has 3 rings (SSSR count). The molecule has 6 nitrogen and oxygen atoms in total. The lowest BCUT2D eigenvalue weighted by molar-refractivity contribution is -0.142. The first-order chi connectivity index (χ1) is 14.3. The van der Waals surface area contributed by atoms with Gasteiger partial charge in [0.15, 0.2) is 6.61 Å². The topological polar surface area (TPSA) is 72.9 Å². The Bertz CT molecular complexity index is 1060. The zero-order chi connectivity index (χ0) is 21.8. The van der Waals surface area contributed by atoms with Crippen LogP contribution >= 0.6 is 50.9 Å². The van der Waals surface area contributed by atoms with Gasteiger partial charge in [-0.3, -0.25) is 14.5 Å². The summed E-state index contributed by atoms with van der Waals surface area (Å²) in [7, 11) is 1.26. The summed E-state index contributed by atoms with van der Waals surface area (Å²) < 4.78 is 10.8. The molecule has 0 aromatic heterocycles. The van der Waals surface area contributed by atoms with E-state index in [-0.39, 0.29) is 18.1 Å². The SMILES string of the molecule is COC(=O)COc1ccc(Br)cc1/C=C1\SC(=O)N(Cc2ccc(Cl)c(Cl)c2)C1=O. The van der Waals surface area contributed by atoms with Gasteiger partial charge in [-0.25, -0.2) is 4.79 Å². The summed E-state index contributed by atoms with van der Waals surface area (Å²) in [4.78, 5) is 38.0. The number of esters is 1. The minimum Gasteiger partial charge on any atom is -0.481 e. The number of hydrogen-bond donors (Lipinski definition) is 0. The van der Waals surface area contributed by atoms with Gasteiger partial charge in [-0.05, 0) is 53.7 Å². The molecule has 0 radical (unpaired) electrons. The lowest BCUT2D eigenvalue weighted by Crippen LogP contribution is -2.27. The van der Waals surface area contributed by atoms with E-state index >= 15 is 0 Å². The van der Waals surface area contributed by atoms with Crippen molar-refractivity contribution in [3.05, 3.63) is 66.9 Å². The van der Waals surface area contributed by atoms with Gasteiger partial charge in [0.05, 0.1) is 28.6 Å². The van der Waals surface area contributed by atoms with Gasteiger partial charge in [0.1, 0.15) is 5.75 Å². The Morgan fingerprint density at radius 1 is 1.17 bits per heavy atom. The normalized spacial score (nSPS) is 15.1. The monoisotopic (exact) mass is 529 g/mol. The van der Waals surface area contributed by atoms with Crippen LogP contribution in [0.5, 0.6) is 5.75 Å². The Morgan fingerprint density at radius 3 is 2.63 bits per heavy atom. The van der Waals surface area contributed by atoms with Gasteiger partial charge in [0.25, 0.3) is 11.1 Å². The largest absolute Gasteiger partial charge is 0.481 e. The molecule has 2 amide bonds. The van der Waals surface area contributed by atoms with Crippen LogP contribution < -0.4 is 4.74 Å². The van der Waals surface area contributed by atoms with Crippen molar-refractivity contribution >= 4 is 74.1 Å². The van der Waals surface area contributed by atoms with Crippen molar-refractivity contribution in [1.82, 2.24) is 4.90 Å². The lowest BCUT2D eigenvalue weighted by atomic mass is 10.1. The Kier molecular flexibility index (Phi) is 7.46. The van der Waals surface area contributed by atoms with Crippen LogP contribution in [0.25, 0.3) is 6.08 Å². The first-order valence-corrected chi connectivity index (χ1v) is 10.8. The predicted octanol–water partition coefficient (Wildman–Crippen LogP) is 5.54. The van der Waals surface area contributed by atoms with Gasteiger partial charge in [-0.15, -0.1) is 0 Å². The molecule has 10 heteroatoms. The van der Waals surface area contributed by atoms with Gasteiger partial charge in [-0.1, -0.05) is 45.2 Å². The number of carbonyl (C=O) groups excluding carboxylic acids is 3. The van der Waals surface area contributed by atoms with Crippen molar-refractivity contribution in [3.8, 4) is 5.75 Å². The van der Waals surface area contributed by atoms with Crippen molar-refractivity contribution in [2.75, 3.05) is 13.7 Å². The zero-order valence-electron chi connectivity index (χ0n) is 15.5. The van der Waals surface area contributed by atoms with E-state index in [0.29, 0.717) is 26.9 Å². The maximum Gasteiger partial charge on any atom is 0.343 e. The van der Waals surface area contributed by atoms with Crippen molar-refractivity contribution in [3.63, 3.8) is 0 Å². The van der Waals surface area contributed by atoms with Crippen LogP contribution in [-0.2, 0) is 20.9 Å². The highest BCUT2D eigenvalue weighted by Gasteiger charge is 2.35. The van der Waals surface area contributed by atoms with E-state index in [2.05, 4.69) is 20.7 Å². The van der Waals surface area contributed by atoms with Gasteiger partial charge < -0.3 is 9.47 Å². The molecule has 0 unspecified atom stereocenters. The summed E-state index contributed by atoms with van der Waals surface area (Å²) in [6.45, 7) is -0.207. The fourth-order valence-electron chi connectivity index (χ4n) is 2.56. The number of carbonyl (C=O) groups is 3. The molecule has 0 aliphatic carbocycles. The van der Waals surface area contributed by atoms with Gasteiger partial charge in [0, 0.05) is 10.0 Å². The van der Waals surface area contributed by atoms with Crippen LogP contribution in [0.2, 0.25) is 10.0 Å². The third kappa shape index (κ3) is 5.37. The van der Waals surface area contributed by atoms with Crippen molar-refractivity contribution < 1.29 is 23.9 Å². The maximum absolute atomic E-state index is 12.8. The molecule has 0 N–H and O–H groups in total. The van der Waals surface area contributed by atoms with E-state index in [0.717, 1.165) is 21.1 Å². The number of nitrogens with zero attached hydrogens (tertiary/aromatic N) is 1. The molecular formula is C20H14BrCl2NO5S. The summed E-state index contributed by atoms with van der Waals surface area (Å²) in [6.07, 6.45) is 1.55. The minimum absolute atomic E-state index is 0.0725. The number of hydrogen-bond acceptors (Lipinski definition) is 6. The second-order valence-corrected chi connectivity index (χ2v) is 8.79. The zero-order valence-corrected chi connectivity index (χ0v) is 19.4. The summed E-state index contributed by atoms with van der Waals surface area (Å²) in [5.41, 5.74) is 1.21. The first-order valence-electron chi connectivity index (χ1n) is 8.47. The number of benzene rings is 2. The Labute approximate surface area is 195 Å². The second kappa shape index (κ2) is 9.87. The lowest BCUT2D eigenvalue weighted by Gasteiger charge is -2.13. The van der Waals surface area contributed by atoms with Crippen molar-refractivity contribution in [1.29, 1.82) is 0 Å². The molecule has 1 aliphatic rings. The number of thioether (sulfide) groups is 1. The van der Waals surface area contributed by atoms with E-state index in [1.807, 2.05) is 0 Å². The highest BCUT2D eigenvalue weighted by atomic mass is 79.9. The predicted molar refractivity (Wildman–Crippen MR) is 120 cm³/mol. The molecule has 30 heavy (non-hydrogen) atoms. The van der Waals surface area contributed by atoms with Gasteiger partial charge in [0.2, 0.25) is 0 Å². The summed E-state index contributed by atoms with van der Waals surface area (Å²) in [5.74, 6) is -0.597. The number of halogens is 3. The molecule has 1 fully saturated rings. The third-order valence-corrected chi connectivity index (χ3v) is 6.17. The average molecular weight is 531 g/mol. The summed E-state index contributed by atoms with van der Waals surface area (Å²) in [6, 6.07) is 10.0. The van der Waals surface area contributed by atoms with E-state index in [9.17, 15) is 14.4 Å². The van der Waals surface area contributed by atoms with Crippen LogP contribution in [0, 0.1) is 0 Å². The highest BCUT2D eigenvalue weighted by molar-refractivity contribution is 9.10. The number of imide groups is 1. The second-order valence-electron chi connectivity index (χ2n) is 6.06. The Balaban J connectivity index is 1.83. The fraction of sp³-hybridized carbons (Fsp3) is 0.150. The average Bonchev–Trinajstić information content (AvgIpc) is 2.97. The Morgan fingerprint density at radius 2 is 1.93 bits per heavy atom. The van der Waals surface area contributed by atoms with Crippen LogP contribution in [0.4, 0.5) is 4.79 Å². The quantitative estimate of drug-likeness (QED) is 0.360. The van der Waals surface area contributed by atoms with Crippen LogP contribution in [0.3, 0.4) is 0 Å². The molecule has 1 saturated heterocycles. The molecule has 0 spiro atoms. The van der Waals surface area contributed by atoms with Gasteiger partial charge >= 0.3 is 5.97 Å². The molecule has 1 aliphatic heterocycles. The number of methoxy groups -OCH3 is 1. The summed E-state index contributed by atoms with van der Waals surface area (Å²) >= 11 is 16.1. The molecule has 0 bridgehead atoms. The molecule has 1 heterocycles. The maximum atomic E-state index is 12.8. The van der Waals surface area contributed by atoms with Gasteiger partial charge in [-0.2, -0.15) is 0 Å². The molecule has 0 atom stereocenters. The first kappa shape index (κ1) is 22.7. The molecular weight excluding hydrogens is 517 g/mol.